The predicted molar refractivity (Wildman–Crippen MR) is 126 cm³/mol. The van der Waals surface area contributed by atoms with Crippen LogP contribution in [-0.2, 0) is 21.2 Å². The second-order valence-corrected chi connectivity index (χ2v) is 8.96. The van der Waals surface area contributed by atoms with Crippen molar-refractivity contribution in [1.82, 2.24) is 0 Å². The van der Waals surface area contributed by atoms with Gasteiger partial charge in [-0.1, -0.05) is 0 Å². The number of carbonyl (C=O) groups excluding carboxylic acids is 2. The molecule has 1 amide bonds. The molecule has 3 aromatic rings. The zero-order chi connectivity index (χ0) is 24.9. The van der Waals surface area contributed by atoms with Crippen LogP contribution in [0.4, 0.5) is 15.8 Å². The van der Waals surface area contributed by atoms with Gasteiger partial charge in [-0.2, -0.15) is 0 Å². The Morgan fingerprint density at radius 3 is 2.18 bits per heavy atom. The van der Waals surface area contributed by atoms with Gasteiger partial charge in [-0.15, -0.1) is 0 Å². The molecule has 8 nitrogen and oxygen atoms in total. The molecule has 0 saturated carbocycles. The monoisotopic (exact) mass is 486 g/mol. The third kappa shape index (κ3) is 5.90. The summed E-state index contributed by atoms with van der Waals surface area (Å²) in [5.74, 6) is -0.428. The molecule has 0 aliphatic carbocycles. The fraction of sp³-hybridized carbons (Fsp3) is 0.167. The Morgan fingerprint density at radius 1 is 0.912 bits per heavy atom. The molecule has 178 valence electrons. The number of methoxy groups -OCH3 is 2. The number of anilines is 2. The highest BCUT2D eigenvalue weighted by Crippen LogP contribution is 2.30. The Morgan fingerprint density at radius 2 is 1.56 bits per heavy atom. The molecular formula is C24H23FN2O6S. The zero-order valence-electron chi connectivity index (χ0n) is 18.7. The SMILES string of the molecule is COc1ccc(C(C)=O)cc1CC(=O)Nc1ccc(OC)c(NS(=O)(=O)c2ccc(F)cc2)c1. The molecule has 3 aromatic carbocycles. The number of nitrogens with one attached hydrogen (secondary N) is 2. The molecule has 0 atom stereocenters. The second kappa shape index (κ2) is 10.3. The van der Waals surface area contributed by atoms with Gasteiger partial charge in [-0.25, -0.2) is 12.8 Å². The predicted octanol–water partition coefficient (Wildman–Crippen LogP) is 4.03. The van der Waals surface area contributed by atoms with Crippen LogP contribution in [0.1, 0.15) is 22.8 Å². The van der Waals surface area contributed by atoms with Gasteiger partial charge in [-0.3, -0.25) is 14.3 Å². The normalized spacial score (nSPS) is 10.9. The standard InChI is InChI=1S/C24H23FN2O6S/c1-15(28)16-4-10-22(32-2)17(12-16)13-24(29)26-19-7-11-23(33-3)21(14-19)27-34(30,31)20-8-5-18(25)6-9-20/h4-12,14,27H,13H2,1-3H3,(H,26,29). The summed E-state index contributed by atoms with van der Waals surface area (Å²) in [7, 11) is -1.20. The minimum Gasteiger partial charge on any atom is -0.496 e. The summed E-state index contributed by atoms with van der Waals surface area (Å²) in [4.78, 5) is 24.2. The van der Waals surface area contributed by atoms with Crippen LogP contribution in [0.2, 0.25) is 0 Å². The maximum atomic E-state index is 13.2. The molecule has 0 aliphatic heterocycles. The number of Topliss-reactive ketones (excluding diaryl/α,β-unsaturated/α-hetero) is 1. The molecule has 0 fully saturated rings. The van der Waals surface area contributed by atoms with Crippen molar-refractivity contribution in [3.63, 3.8) is 0 Å². The maximum Gasteiger partial charge on any atom is 0.262 e. The minimum absolute atomic E-state index is 0.0764. The van der Waals surface area contributed by atoms with Crippen LogP contribution in [0.25, 0.3) is 0 Å². The summed E-state index contributed by atoms with van der Waals surface area (Å²) >= 11 is 0. The lowest BCUT2D eigenvalue weighted by molar-refractivity contribution is -0.115. The van der Waals surface area contributed by atoms with E-state index in [1.807, 2.05) is 0 Å². The van der Waals surface area contributed by atoms with Gasteiger partial charge in [0.25, 0.3) is 10.0 Å². The number of ether oxygens (including phenoxy) is 2. The number of sulfonamides is 1. The van der Waals surface area contributed by atoms with Crippen LogP contribution in [0, 0.1) is 5.82 Å². The molecule has 34 heavy (non-hydrogen) atoms. The summed E-state index contributed by atoms with van der Waals surface area (Å²) in [5.41, 5.74) is 1.37. The summed E-state index contributed by atoms with van der Waals surface area (Å²) in [5, 5.41) is 2.70. The van der Waals surface area contributed by atoms with E-state index >= 15 is 0 Å². The molecule has 0 heterocycles. The fourth-order valence-corrected chi connectivity index (χ4v) is 4.26. The van der Waals surface area contributed by atoms with E-state index in [1.165, 1.54) is 33.3 Å². The van der Waals surface area contributed by atoms with Crippen molar-refractivity contribution in [1.29, 1.82) is 0 Å². The fourth-order valence-electron chi connectivity index (χ4n) is 3.20. The molecule has 0 aromatic heterocycles. The van der Waals surface area contributed by atoms with Crippen molar-refractivity contribution in [3.8, 4) is 11.5 Å². The van der Waals surface area contributed by atoms with Gasteiger partial charge in [0.05, 0.1) is 31.2 Å². The van der Waals surface area contributed by atoms with E-state index in [4.69, 9.17) is 9.47 Å². The highest BCUT2D eigenvalue weighted by molar-refractivity contribution is 7.92. The topological polar surface area (TPSA) is 111 Å². The van der Waals surface area contributed by atoms with E-state index in [1.54, 1.807) is 24.3 Å². The van der Waals surface area contributed by atoms with Crippen molar-refractivity contribution in [2.45, 2.75) is 18.2 Å². The molecule has 0 unspecified atom stereocenters. The zero-order valence-corrected chi connectivity index (χ0v) is 19.5. The largest absolute Gasteiger partial charge is 0.496 e. The van der Waals surface area contributed by atoms with Crippen LogP contribution in [0.3, 0.4) is 0 Å². The summed E-state index contributed by atoms with van der Waals surface area (Å²) in [6, 6.07) is 13.6. The first-order valence-electron chi connectivity index (χ1n) is 10.1. The van der Waals surface area contributed by atoms with E-state index in [0.717, 1.165) is 24.3 Å². The molecule has 10 heteroatoms. The molecule has 0 spiro atoms. The first-order chi connectivity index (χ1) is 16.1. The Labute approximate surface area is 196 Å². The van der Waals surface area contributed by atoms with Gasteiger partial charge in [0.2, 0.25) is 5.91 Å². The quantitative estimate of drug-likeness (QED) is 0.442. The van der Waals surface area contributed by atoms with Gasteiger partial charge in [0, 0.05) is 16.8 Å². The van der Waals surface area contributed by atoms with Crippen molar-refractivity contribution < 1.29 is 31.9 Å². The average molecular weight is 487 g/mol. The number of rotatable bonds is 9. The van der Waals surface area contributed by atoms with E-state index in [-0.39, 0.29) is 28.5 Å². The highest BCUT2D eigenvalue weighted by Gasteiger charge is 2.18. The number of halogens is 1. The molecule has 0 radical (unpaired) electrons. The maximum absolute atomic E-state index is 13.2. The van der Waals surface area contributed by atoms with Crippen LogP contribution in [-0.4, -0.2) is 34.3 Å². The third-order valence-electron chi connectivity index (χ3n) is 4.89. The van der Waals surface area contributed by atoms with Crippen LogP contribution >= 0.6 is 0 Å². The van der Waals surface area contributed by atoms with Gasteiger partial charge in [0.15, 0.2) is 5.78 Å². The van der Waals surface area contributed by atoms with Gasteiger partial charge in [0.1, 0.15) is 17.3 Å². The summed E-state index contributed by atoms with van der Waals surface area (Å²) in [6.45, 7) is 1.43. The third-order valence-corrected chi connectivity index (χ3v) is 6.27. The Hall–Kier alpha value is -3.92. The van der Waals surface area contributed by atoms with E-state index in [0.29, 0.717) is 22.6 Å². The van der Waals surface area contributed by atoms with Gasteiger partial charge in [-0.05, 0) is 67.6 Å². The van der Waals surface area contributed by atoms with Crippen molar-refractivity contribution in [2.24, 2.45) is 0 Å². The smallest absolute Gasteiger partial charge is 0.262 e. The first-order valence-corrected chi connectivity index (χ1v) is 11.6. The van der Waals surface area contributed by atoms with E-state index in [9.17, 15) is 22.4 Å². The number of ketones is 1. The Balaban J connectivity index is 1.82. The second-order valence-electron chi connectivity index (χ2n) is 7.28. The van der Waals surface area contributed by atoms with Gasteiger partial charge >= 0.3 is 0 Å². The van der Waals surface area contributed by atoms with Crippen LogP contribution < -0.4 is 19.5 Å². The number of amides is 1. The van der Waals surface area contributed by atoms with Crippen LogP contribution in [0.5, 0.6) is 11.5 Å². The van der Waals surface area contributed by atoms with E-state index in [2.05, 4.69) is 10.0 Å². The summed E-state index contributed by atoms with van der Waals surface area (Å²) < 4.78 is 51.4. The number of hydrogen-bond donors (Lipinski definition) is 2. The van der Waals surface area contributed by atoms with Crippen LogP contribution in [0.15, 0.2) is 65.6 Å². The Bertz CT molecular complexity index is 1320. The molecule has 0 saturated heterocycles. The first kappa shape index (κ1) is 24.7. The molecule has 2 N–H and O–H groups in total. The van der Waals surface area contributed by atoms with Crippen molar-refractivity contribution in [3.05, 3.63) is 77.6 Å². The van der Waals surface area contributed by atoms with Gasteiger partial charge < -0.3 is 14.8 Å². The lowest BCUT2D eigenvalue weighted by Crippen LogP contribution is -2.17. The number of benzene rings is 3. The van der Waals surface area contributed by atoms with Crippen molar-refractivity contribution >= 4 is 33.1 Å². The highest BCUT2D eigenvalue weighted by atomic mass is 32.2. The molecule has 0 aliphatic rings. The van der Waals surface area contributed by atoms with Crippen molar-refractivity contribution in [2.75, 3.05) is 24.3 Å². The number of hydrogen-bond acceptors (Lipinski definition) is 6. The lowest BCUT2D eigenvalue weighted by atomic mass is 10.0. The lowest BCUT2D eigenvalue weighted by Gasteiger charge is -2.14. The molecule has 3 rings (SSSR count). The minimum atomic E-state index is -4.04. The molecule has 0 bridgehead atoms. The molecular weight excluding hydrogens is 463 g/mol. The average Bonchev–Trinajstić information content (AvgIpc) is 2.79. The summed E-state index contributed by atoms with van der Waals surface area (Å²) in [6.07, 6.45) is -0.0764. The Kier molecular flexibility index (Phi) is 7.52. The van der Waals surface area contributed by atoms with E-state index < -0.39 is 21.7 Å². The number of carbonyl (C=O) groups is 2.